The molecule has 3 aromatic rings. The van der Waals surface area contributed by atoms with Crippen molar-refractivity contribution in [2.24, 2.45) is 7.05 Å². The van der Waals surface area contributed by atoms with Gasteiger partial charge in [-0.1, -0.05) is 36.0 Å². The number of nitrogens with zero attached hydrogens (tertiary/aromatic N) is 5. The standard InChI is InChI=1S/C32H48N5S/c1-25-16-17-30-29(22-25)34(3)32(38-30)24-26-23-31(33(2)28-15-11-10-14-27(26)28)35(18-12-20-36(4,5)6)19-13-21-37(7,8)9/h10-11,14-17,22-24H,12-13,18-21H2,1-9H3/q+3. The zero-order valence-corrected chi connectivity index (χ0v) is 25.9. The first kappa shape index (κ1) is 28.5. The van der Waals surface area contributed by atoms with Crippen molar-refractivity contribution >= 4 is 40.2 Å². The SMILES string of the molecule is Cc1ccc2c(c1)N(C)C(=Cc1cc(N(CCC[N+](C)(C)C)CCC[N+](C)(C)C)[n+](C)c3ccccc13)S2. The van der Waals surface area contributed by atoms with Crippen LogP contribution in [0, 0.1) is 6.92 Å². The first-order chi connectivity index (χ1) is 17.8. The first-order valence-electron chi connectivity index (χ1n) is 13.8. The third-order valence-corrected chi connectivity index (χ3v) is 8.51. The molecule has 5 nitrogen and oxygen atoms in total. The smallest absolute Gasteiger partial charge is 0.277 e. The number of aromatic nitrogens is 1. The van der Waals surface area contributed by atoms with Crippen LogP contribution in [0.2, 0.25) is 0 Å². The summed E-state index contributed by atoms with van der Waals surface area (Å²) in [6.07, 6.45) is 4.73. The normalized spacial score (nSPS) is 15.0. The Morgan fingerprint density at radius 1 is 0.895 bits per heavy atom. The number of fused-ring (bicyclic) bond motifs is 2. The minimum Gasteiger partial charge on any atom is -0.338 e. The highest BCUT2D eigenvalue weighted by molar-refractivity contribution is 8.03. The van der Waals surface area contributed by atoms with Crippen molar-refractivity contribution < 1.29 is 13.5 Å². The zero-order valence-electron chi connectivity index (χ0n) is 25.1. The second-order valence-electron chi connectivity index (χ2n) is 12.9. The maximum Gasteiger partial charge on any atom is 0.277 e. The molecule has 38 heavy (non-hydrogen) atoms. The summed E-state index contributed by atoms with van der Waals surface area (Å²) in [4.78, 5) is 6.30. The van der Waals surface area contributed by atoms with Crippen molar-refractivity contribution in [1.29, 1.82) is 0 Å². The van der Waals surface area contributed by atoms with E-state index in [1.165, 1.54) is 69.4 Å². The van der Waals surface area contributed by atoms with Gasteiger partial charge in [0.15, 0.2) is 0 Å². The molecule has 2 heterocycles. The molecule has 0 saturated carbocycles. The van der Waals surface area contributed by atoms with Crippen LogP contribution in [0.1, 0.15) is 24.0 Å². The van der Waals surface area contributed by atoms with Crippen molar-refractivity contribution in [1.82, 2.24) is 0 Å². The number of para-hydroxylation sites is 1. The van der Waals surface area contributed by atoms with E-state index < -0.39 is 0 Å². The van der Waals surface area contributed by atoms with Crippen LogP contribution in [-0.4, -0.2) is 84.5 Å². The van der Waals surface area contributed by atoms with Crippen molar-refractivity contribution in [3.63, 3.8) is 0 Å². The average Bonchev–Trinajstić information content (AvgIpc) is 3.13. The Labute approximate surface area is 235 Å². The number of quaternary nitrogens is 2. The van der Waals surface area contributed by atoms with Crippen LogP contribution in [0.4, 0.5) is 11.5 Å². The Bertz CT molecular complexity index is 1300. The number of benzene rings is 2. The topological polar surface area (TPSA) is 10.4 Å². The predicted molar refractivity (Wildman–Crippen MR) is 166 cm³/mol. The Hall–Kier alpha value is -2.54. The number of rotatable bonds is 10. The predicted octanol–water partition coefficient (Wildman–Crippen LogP) is 5.51. The molecule has 0 radical (unpaired) electrons. The fraction of sp³-hybridized carbons (Fsp3) is 0.469. The van der Waals surface area contributed by atoms with E-state index >= 15 is 0 Å². The molecule has 0 N–H and O–H groups in total. The summed E-state index contributed by atoms with van der Waals surface area (Å²) in [6.45, 7) is 6.63. The average molecular weight is 535 g/mol. The zero-order chi connectivity index (χ0) is 27.7. The van der Waals surface area contributed by atoms with Crippen LogP contribution in [0.5, 0.6) is 0 Å². The van der Waals surface area contributed by atoms with E-state index in [0.717, 1.165) is 22.1 Å². The van der Waals surface area contributed by atoms with Crippen LogP contribution in [0.15, 0.2) is 58.5 Å². The molecule has 1 aromatic heterocycles. The molecule has 1 aliphatic rings. The summed E-state index contributed by atoms with van der Waals surface area (Å²) >= 11 is 1.87. The van der Waals surface area contributed by atoms with Gasteiger partial charge in [-0.25, -0.2) is 4.57 Å². The van der Waals surface area contributed by atoms with Crippen LogP contribution in [0.3, 0.4) is 0 Å². The summed E-state index contributed by atoms with van der Waals surface area (Å²) in [5, 5.41) is 2.57. The Morgan fingerprint density at radius 3 is 2.16 bits per heavy atom. The fourth-order valence-electron chi connectivity index (χ4n) is 5.22. The lowest BCUT2D eigenvalue weighted by Crippen LogP contribution is -2.44. The number of thioether (sulfide) groups is 1. The molecule has 0 aliphatic carbocycles. The summed E-state index contributed by atoms with van der Waals surface area (Å²) in [6, 6.07) is 18.0. The molecule has 0 unspecified atom stereocenters. The molecule has 0 bridgehead atoms. The maximum absolute atomic E-state index is 2.63. The highest BCUT2D eigenvalue weighted by Crippen LogP contribution is 2.46. The van der Waals surface area contributed by atoms with E-state index in [2.05, 4.69) is 132 Å². The molecular weight excluding hydrogens is 486 g/mol. The summed E-state index contributed by atoms with van der Waals surface area (Å²) < 4.78 is 4.40. The monoisotopic (exact) mass is 534 g/mol. The quantitative estimate of drug-likeness (QED) is 0.251. The highest BCUT2D eigenvalue weighted by Gasteiger charge is 2.26. The third-order valence-electron chi connectivity index (χ3n) is 7.34. The van der Waals surface area contributed by atoms with Gasteiger partial charge in [0.05, 0.1) is 86.2 Å². The molecule has 6 heteroatoms. The first-order valence-corrected chi connectivity index (χ1v) is 14.7. The van der Waals surface area contributed by atoms with Gasteiger partial charge in [0, 0.05) is 36.2 Å². The van der Waals surface area contributed by atoms with Crippen molar-refractivity contribution in [3.8, 4) is 0 Å². The lowest BCUT2D eigenvalue weighted by molar-refractivity contribution is -0.870. The van der Waals surface area contributed by atoms with Crippen LogP contribution >= 0.6 is 11.8 Å². The van der Waals surface area contributed by atoms with Crippen molar-refractivity contribution in [2.75, 3.05) is 85.3 Å². The number of hydrogen-bond acceptors (Lipinski definition) is 3. The van der Waals surface area contributed by atoms with E-state index in [-0.39, 0.29) is 0 Å². The number of pyridine rings is 1. The molecule has 204 valence electrons. The van der Waals surface area contributed by atoms with Gasteiger partial charge in [-0.3, -0.25) is 4.90 Å². The second-order valence-corrected chi connectivity index (χ2v) is 13.9. The van der Waals surface area contributed by atoms with Crippen LogP contribution in [-0.2, 0) is 7.05 Å². The van der Waals surface area contributed by atoms with Crippen molar-refractivity contribution in [3.05, 3.63) is 64.7 Å². The van der Waals surface area contributed by atoms with Gasteiger partial charge in [-0.15, -0.1) is 0 Å². The Balaban J connectivity index is 1.74. The summed E-state index contributed by atoms with van der Waals surface area (Å²) in [5.74, 6) is 1.30. The second kappa shape index (κ2) is 11.3. The molecule has 4 rings (SSSR count). The summed E-state index contributed by atoms with van der Waals surface area (Å²) in [7, 11) is 18.2. The fourth-order valence-corrected chi connectivity index (χ4v) is 6.30. The largest absolute Gasteiger partial charge is 0.338 e. The summed E-state index contributed by atoms with van der Waals surface area (Å²) in [5.41, 5.74) is 5.17. The number of aryl methyl sites for hydroxylation is 2. The van der Waals surface area contributed by atoms with Crippen LogP contribution in [0.25, 0.3) is 17.0 Å². The molecule has 1 aliphatic heterocycles. The third kappa shape index (κ3) is 6.90. The molecule has 0 saturated heterocycles. The van der Waals surface area contributed by atoms with E-state index in [4.69, 9.17) is 0 Å². The van der Waals surface area contributed by atoms with Crippen molar-refractivity contribution in [2.45, 2.75) is 24.7 Å². The van der Waals surface area contributed by atoms with Gasteiger partial charge in [0.25, 0.3) is 5.82 Å². The molecule has 0 atom stereocenters. The molecule has 0 spiro atoms. The highest BCUT2D eigenvalue weighted by atomic mass is 32.2. The molecule has 0 fully saturated rings. The lowest BCUT2D eigenvalue weighted by Gasteiger charge is -2.27. The molecular formula is C32H48N5S+3. The minimum absolute atomic E-state index is 0.998. The van der Waals surface area contributed by atoms with Gasteiger partial charge >= 0.3 is 0 Å². The minimum atomic E-state index is 0.998. The van der Waals surface area contributed by atoms with Gasteiger partial charge in [0.2, 0.25) is 0 Å². The van der Waals surface area contributed by atoms with Gasteiger partial charge in [0.1, 0.15) is 5.52 Å². The van der Waals surface area contributed by atoms with E-state index in [1.54, 1.807) is 0 Å². The van der Waals surface area contributed by atoms with E-state index in [1.807, 2.05) is 11.8 Å². The molecule has 2 aromatic carbocycles. The number of anilines is 2. The van der Waals surface area contributed by atoms with E-state index in [0.29, 0.717) is 0 Å². The number of hydrogen-bond donors (Lipinski definition) is 0. The van der Waals surface area contributed by atoms with E-state index in [9.17, 15) is 0 Å². The Kier molecular flexibility index (Phi) is 8.46. The Morgan fingerprint density at radius 2 is 1.53 bits per heavy atom. The van der Waals surface area contributed by atoms with Gasteiger partial charge < -0.3 is 13.9 Å². The van der Waals surface area contributed by atoms with Crippen LogP contribution < -0.4 is 14.4 Å². The maximum atomic E-state index is 2.63. The molecule has 0 amide bonds. The van der Waals surface area contributed by atoms with Gasteiger partial charge in [-0.2, -0.15) is 0 Å². The van der Waals surface area contributed by atoms with Gasteiger partial charge in [-0.05, 0) is 42.3 Å². The lowest BCUT2D eigenvalue weighted by atomic mass is 10.1.